The molecule has 1 heterocycles. The minimum absolute atomic E-state index is 0.970. The predicted molar refractivity (Wildman–Crippen MR) is 191 cm³/mol. The van der Waals surface area contributed by atoms with E-state index in [9.17, 15) is 0 Å². The van der Waals surface area contributed by atoms with E-state index in [1.807, 2.05) is 31.2 Å². The standard InChI is InChI=1S/C42H36N2/c1-4-7-16-31(5-2)40(29-32(6-3)34-25-27-35(28-26-34)33-17-9-8-10-18-33)43-36-19-15-20-37(30-36)44-41-23-13-11-21-38(41)39-22-12-14-24-42(39)44/h4-30,43H,2H2,1,3H3/b7-4-,31-16+,32-6+,40-29-. The smallest absolute Gasteiger partial charge is 0.0541 e. The van der Waals surface area contributed by atoms with Crippen LogP contribution in [0.3, 0.4) is 0 Å². The SMILES string of the molecule is C=CC(=C\C=C/C)/C(=C/C(=C\C)c1ccc(-c2ccccc2)cc1)Nc1cccc(-n2c3ccccc3c3ccccc32)c1. The Morgan fingerprint density at radius 1 is 0.682 bits per heavy atom. The van der Waals surface area contributed by atoms with Crippen molar-refractivity contribution in [3.63, 3.8) is 0 Å². The van der Waals surface area contributed by atoms with E-state index in [0.717, 1.165) is 33.8 Å². The Bertz CT molecular complexity index is 2000. The summed E-state index contributed by atoms with van der Waals surface area (Å²) in [5, 5.41) is 6.25. The normalized spacial score (nSPS) is 12.7. The highest BCUT2D eigenvalue weighted by atomic mass is 15.0. The summed E-state index contributed by atoms with van der Waals surface area (Å²) < 4.78 is 2.34. The lowest BCUT2D eigenvalue weighted by molar-refractivity contribution is 1.18. The number of hydrogen-bond acceptors (Lipinski definition) is 1. The van der Waals surface area contributed by atoms with Crippen molar-refractivity contribution in [1.82, 2.24) is 4.57 Å². The minimum Gasteiger partial charge on any atom is -0.355 e. The number of para-hydroxylation sites is 2. The van der Waals surface area contributed by atoms with Crippen LogP contribution in [-0.2, 0) is 0 Å². The molecule has 0 amide bonds. The first-order valence-corrected chi connectivity index (χ1v) is 15.1. The van der Waals surface area contributed by atoms with Gasteiger partial charge in [-0.3, -0.25) is 0 Å². The van der Waals surface area contributed by atoms with Gasteiger partial charge in [0, 0.05) is 27.8 Å². The fraction of sp³-hybridized carbons (Fsp3) is 0.0476. The highest BCUT2D eigenvalue weighted by molar-refractivity contribution is 6.09. The van der Waals surface area contributed by atoms with Crippen LogP contribution in [0.2, 0.25) is 0 Å². The van der Waals surface area contributed by atoms with Gasteiger partial charge in [-0.2, -0.15) is 0 Å². The Balaban J connectivity index is 1.40. The van der Waals surface area contributed by atoms with Crippen molar-refractivity contribution in [3.8, 4) is 16.8 Å². The van der Waals surface area contributed by atoms with Gasteiger partial charge < -0.3 is 9.88 Å². The van der Waals surface area contributed by atoms with Gasteiger partial charge in [-0.15, -0.1) is 0 Å². The van der Waals surface area contributed by atoms with E-state index in [1.54, 1.807) is 0 Å². The van der Waals surface area contributed by atoms with Gasteiger partial charge in [-0.05, 0) is 78.1 Å². The molecule has 214 valence electrons. The van der Waals surface area contributed by atoms with Crippen LogP contribution < -0.4 is 5.32 Å². The van der Waals surface area contributed by atoms with Gasteiger partial charge in [-0.1, -0.05) is 134 Å². The van der Waals surface area contributed by atoms with Crippen molar-refractivity contribution < 1.29 is 0 Å². The van der Waals surface area contributed by atoms with Crippen molar-refractivity contribution in [1.29, 1.82) is 0 Å². The van der Waals surface area contributed by atoms with Crippen molar-refractivity contribution in [2.24, 2.45) is 0 Å². The maximum Gasteiger partial charge on any atom is 0.0541 e. The molecule has 0 fully saturated rings. The molecular formula is C42H36N2. The molecule has 0 unspecified atom stereocenters. The van der Waals surface area contributed by atoms with Crippen LogP contribution in [0.5, 0.6) is 0 Å². The van der Waals surface area contributed by atoms with Crippen LogP contribution in [0.25, 0.3) is 44.2 Å². The fourth-order valence-electron chi connectivity index (χ4n) is 5.71. The molecule has 44 heavy (non-hydrogen) atoms. The molecule has 0 aliphatic rings. The largest absolute Gasteiger partial charge is 0.355 e. The van der Waals surface area contributed by atoms with Crippen LogP contribution in [0, 0.1) is 0 Å². The molecule has 0 spiro atoms. The van der Waals surface area contributed by atoms with E-state index >= 15 is 0 Å². The Morgan fingerprint density at radius 2 is 1.32 bits per heavy atom. The second-order valence-corrected chi connectivity index (χ2v) is 10.6. The number of hydrogen-bond donors (Lipinski definition) is 1. The Labute approximate surface area is 260 Å². The summed E-state index contributed by atoms with van der Waals surface area (Å²) in [5.41, 5.74) is 11.2. The number of fused-ring (bicyclic) bond motifs is 3. The van der Waals surface area contributed by atoms with Gasteiger partial charge >= 0.3 is 0 Å². The molecule has 6 rings (SSSR count). The van der Waals surface area contributed by atoms with Crippen molar-refractivity contribution in [2.75, 3.05) is 5.32 Å². The topological polar surface area (TPSA) is 17.0 Å². The van der Waals surface area contributed by atoms with E-state index < -0.39 is 0 Å². The van der Waals surface area contributed by atoms with E-state index in [1.165, 1.54) is 32.9 Å². The molecule has 5 aromatic carbocycles. The van der Waals surface area contributed by atoms with Gasteiger partial charge in [0.25, 0.3) is 0 Å². The highest BCUT2D eigenvalue weighted by Crippen LogP contribution is 2.33. The fourth-order valence-corrected chi connectivity index (χ4v) is 5.71. The molecule has 1 N–H and O–H groups in total. The lowest BCUT2D eigenvalue weighted by atomic mass is 9.98. The minimum atomic E-state index is 0.970. The first-order valence-electron chi connectivity index (χ1n) is 15.1. The lowest BCUT2D eigenvalue weighted by Gasteiger charge is -2.16. The number of anilines is 1. The monoisotopic (exact) mass is 568 g/mol. The Hall–Kier alpha value is -5.60. The Morgan fingerprint density at radius 3 is 1.95 bits per heavy atom. The molecule has 0 aliphatic heterocycles. The number of nitrogens with one attached hydrogen (secondary N) is 1. The average molecular weight is 569 g/mol. The zero-order valence-electron chi connectivity index (χ0n) is 25.2. The maximum absolute atomic E-state index is 4.15. The van der Waals surface area contributed by atoms with Crippen LogP contribution in [-0.4, -0.2) is 4.57 Å². The number of rotatable bonds is 9. The van der Waals surface area contributed by atoms with E-state index in [0.29, 0.717) is 0 Å². The molecular weight excluding hydrogens is 532 g/mol. The number of allylic oxidation sites excluding steroid dienone is 7. The summed E-state index contributed by atoms with van der Waals surface area (Å²) in [6, 6.07) is 45.1. The summed E-state index contributed by atoms with van der Waals surface area (Å²) in [7, 11) is 0. The molecule has 0 saturated heterocycles. The zero-order valence-corrected chi connectivity index (χ0v) is 25.2. The summed E-state index contributed by atoms with van der Waals surface area (Å²) in [4.78, 5) is 0. The van der Waals surface area contributed by atoms with Gasteiger partial charge in [0.15, 0.2) is 0 Å². The first kappa shape index (κ1) is 28.5. The third kappa shape index (κ3) is 5.84. The lowest BCUT2D eigenvalue weighted by Crippen LogP contribution is -2.04. The van der Waals surface area contributed by atoms with E-state index in [2.05, 4.69) is 163 Å². The molecule has 0 saturated carbocycles. The van der Waals surface area contributed by atoms with Gasteiger partial charge in [0.2, 0.25) is 0 Å². The number of benzene rings is 5. The summed E-state index contributed by atoms with van der Waals surface area (Å²) in [6.07, 6.45) is 12.4. The van der Waals surface area contributed by atoms with Gasteiger partial charge in [0.05, 0.1) is 11.0 Å². The molecule has 0 aliphatic carbocycles. The molecule has 0 bridgehead atoms. The highest BCUT2D eigenvalue weighted by Gasteiger charge is 2.13. The first-order chi connectivity index (χ1) is 21.7. The third-order valence-corrected chi connectivity index (χ3v) is 7.90. The quantitative estimate of drug-likeness (QED) is 0.172. The molecule has 6 aromatic rings. The number of aromatic nitrogens is 1. The van der Waals surface area contributed by atoms with Gasteiger partial charge in [-0.25, -0.2) is 0 Å². The third-order valence-electron chi connectivity index (χ3n) is 7.90. The summed E-state index contributed by atoms with van der Waals surface area (Å²) in [5.74, 6) is 0. The predicted octanol–water partition coefficient (Wildman–Crippen LogP) is 11.5. The van der Waals surface area contributed by atoms with Crippen LogP contribution >= 0.6 is 0 Å². The summed E-state index contributed by atoms with van der Waals surface area (Å²) >= 11 is 0. The van der Waals surface area contributed by atoms with Gasteiger partial charge in [0.1, 0.15) is 0 Å². The molecule has 1 aromatic heterocycles. The van der Waals surface area contributed by atoms with Crippen LogP contribution in [0.15, 0.2) is 182 Å². The van der Waals surface area contributed by atoms with Crippen LogP contribution in [0.1, 0.15) is 19.4 Å². The average Bonchev–Trinajstić information content (AvgIpc) is 3.42. The maximum atomic E-state index is 4.15. The molecule has 2 heteroatoms. The van der Waals surface area contributed by atoms with E-state index in [-0.39, 0.29) is 0 Å². The van der Waals surface area contributed by atoms with Crippen molar-refractivity contribution in [3.05, 3.63) is 187 Å². The van der Waals surface area contributed by atoms with E-state index in [4.69, 9.17) is 0 Å². The number of nitrogens with zero attached hydrogens (tertiary/aromatic N) is 1. The molecule has 2 nitrogen and oxygen atoms in total. The summed E-state index contributed by atoms with van der Waals surface area (Å²) in [6.45, 7) is 8.25. The van der Waals surface area contributed by atoms with Crippen molar-refractivity contribution >= 4 is 33.1 Å². The Kier molecular flexibility index (Phi) is 8.52. The molecule has 0 atom stereocenters. The van der Waals surface area contributed by atoms with Crippen LogP contribution in [0.4, 0.5) is 5.69 Å². The molecule has 0 radical (unpaired) electrons. The second kappa shape index (κ2) is 13.1. The zero-order chi connectivity index (χ0) is 30.3. The van der Waals surface area contributed by atoms with Crippen molar-refractivity contribution in [2.45, 2.75) is 13.8 Å². The second-order valence-electron chi connectivity index (χ2n) is 10.6.